The summed E-state index contributed by atoms with van der Waals surface area (Å²) in [5.41, 5.74) is 0.884. The van der Waals surface area contributed by atoms with E-state index in [0.717, 1.165) is 0 Å². The Morgan fingerprint density at radius 2 is 1.87 bits per heavy atom. The molecule has 8 heteroatoms. The third kappa shape index (κ3) is 3.83. The highest BCUT2D eigenvalue weighted by molar-refractivity contribution is 7.90. The van der Waals surface area contributed by atoms with Gasteiger partial charge in [-0.25, -0.2) is 22.2 Å². The molecule has 0 bridgehead atoms. The van der Waals surface area contributed by atoms with Crippen LogP contribution in [-0.4, -0.2) is 30.0 Å². The summed E-state index contributed by atoms with van der Waals surface area (Å²) in [5.74, 6) is -0.350. The zero-order chi connectivity index (χ0) is 16.4. The van der Waals surface area contributed by atoms with E-state index >= 15 is 0 Å². The van der Waals surface area contributed by atoms with Crippen LogP contribution < -0.4 is 10.3 Å². The van der Waals surface area contributed by atoms with Gasteiger partial charge in [-0.15, -0.1) is 0 Å². The van der Waals surface area contributed by atoms with Gasteiger partial charge in [0.2, 0.25) is 10.0 Å². The number of halogens is 1. The van der Waals surface area contributed by atoms with E-state index in [2.05, 4.69) is 9.82 Å². The summed E-state index contributed by atoms with van der Waals surface area (Å²) in [6.07, 6.45) is 1.38. The Bertz CT molecular complexity index is 858. The lowest BCUT2D eigenvalue weighted by Crippen LogP contribution is -2.33. The normalized spacial score (nSPS) is 14.8. The average Bonchev–Trinajstić information content (AvgIpc) is 3.35. The first kappa shape index (κ1) is 15.8. The van der Waals surface area contributed by atoms with Crippen LogP contribution in [0.3, 0.4) is 0 Å². The van der Waals surface area contributed by atoms with Gasteiger partial charge in [0.15, 0.2) is 0 Å². The first-order valence-corrected chi connectivity index (χ1v) is 8.83. The van der Waals surface area contributed by atoms with Crippen LogP contribution in [0.15, 0.2) is 41.2 Å². The molecule has 1 fully saturated rings. The van der Waals surface area contributed by atoms with E-state index in [1.54, 1.807) is 18.2 Å². The molecular formula is C15H16FN3O3S. The fourth-order valence-corrected chi connectivity index (χ4v) is 3.54. The summed E-state index contributed by atoms with van der Waals surface area (Å²) < 4.78 is 40.1. The Morgan fingerprint density at radius 3 is 2.52 bits per heavy atom. The van der Waals surface area contributed by atoms with E-state index in [4.69, 9.17) is 0 Å². The third-order valence-electron chi connectivity index (χ3n) is 3.60. The highest BCUT2D eigenvalue weighted by atomic mass is 32.2. The molecule has 0 radical (unpaired) electrons. The zero-order valence-electron chi connectivity index (χ0n) is 12.3. The van der Waals surface area contributed by atoms with Crippen LogP contribution in [0, 0.1) is 5.82 Å². The van der Waals surface area contributed by atoms with Gasteiger partial charge in [-0.05, 0) is 43.2 Å². The van der Waals surface area contributed by atoms with Gasteiger partial charge in [-0.3, -0.25) is 4.79 Å². The molecule has 0 saturated heterocycles. The summed E-state index contributed by atoms with van der Waals surface area (Å²) in [6.45, 7) is 0.248. The average molecular weight is 337 g/mol. The molecule has 0 aliphatic heterocycles. The topological polar surface area (TPSA) is 81.1 Å². The number of nitrogens with zero attached hydrogens (tertiary/aromatic N) is 2. The molecule has 0 unspecified atom stereocenters. The van der Waals surface area contributed by atoms with Crippen LogP contribution in [0.4, 0.5) is 4.39 Å². The monoisotopic (exact) mass is 337 g/mol. The Kier molecular flexibility index (Phi) is 4.27. The van der Waals surface area contributed by atoms with Crippen molar-refractivity contribution in [2.75, 3.05) is 6.54 Å². The highest BCUT2D eigenvalue weighted by Gasteiger charge is 2.35. The summed E-state index contributed by atoms with van der Waals surface area (Å²) in [6, 6.07) is 8.69. The molecule has 1 heterocycles. The van der Waals surface area contributed by atoms with E-state index in [-0.39, 0.29) is 29.7 Å². The van der Waals surface area contributed by atoms with Gasteiger partial charge in [0.1, 0.15) is 5.82 Å². The van der Waals surface area contributed by atoms with Crippen molar-refractivity contribution >= 4 is 10.0 Å². The molecule has 0 atom stereocenters. The predicted octanol–water partition coefficient (Wildman–Crippen LogP) is 1.13. The second kappa shape index (κ2) is 6.21. The highest BCUT2D eigenvalue weighted by Crippen LogP contribution is 2.27. The molecule has 0 spiro atoms. The summed E-state index contributed by atoms with van der Waals surface area (Å²) >= 11 is 0. The maximum absolute atomic E-state index is 13.0. The Labute approximate surface area is 133 Å². The zero-order valence-corrected chi connectivity index (χ0v) is 13.1. The lowest BCUT2D eigenvalue weighted by atomic mass is 10.1. The quantitative estimate of drug-likeness (QED) is 0.857. The largest absolute Gasteiger partial charge is 0.268 e. The molecule has 2 aromatic rings. The van der Waals surface area contributed by atoms with Crippen molar-refractivity contribution in [2.24, 2.45) is 0 Å². The van der Waals surface area contributed by atoms with Crippen molar-refractivity contribution in [1.29, 1.82) is 0 Å². The molecular weight excluding hydrogens is 321 g/mol. The lowest BCUT2D eigenvalue weighted by molar-refractivity contribution is 0.548. The number of hydrogen-bond donors (Lipinski definition) is 1. The van der Waals surface area contributed by atoms with Crippen molar-refractivity contribution < 1.29 is 12.8 Å². The Hall–Kier alpha value is -2.06. The molecule has 23 heavy (non-hydrogen) atoms. The van der Waals surface area contributed by atoms with E-state index in [1.165, 1.54) is 22.9 Å². The molecule has 122 valence electrons. The van der Waals surface area contributed by atoms with Gasteiger partial charge in [-0.2, -0.15) is 5.10 Å². The molecule has 6 nitrogen and oxygen atoms in total. The minimum absolute atomic E-state index is 0.110. The van der Waals surface area contributed by atoms with Crippen molar-refractivity contribution in [3.8, 4) is 11.3 Å². The first-order chi connectivity index (χ1) is 11.0. The fraction of sp³-hybridized carbons (Fsp3) is 0.333. The molecule has 3 rings (SSSR count). The minimum atomic E-state index is -3.27. The predicted molar refractivity (Wildman–Crippen MR) is 83.8 cm³/mol. The van der Waals surface area contributed by atoms with E-state index < -0.39 is 10.0 Å². The Morgan fingerprint density at radius 1 is 1.17 bits per heavy atom. The van der Waals surface area contributed by atoms with Gasteiger partial charge in [0.25, 0.3) is 5.56 Å². The van der Waals surface area contributed by atoms with Crippen LogP contribution in [0.5, 0.6) is 0 Å². The molecule has 1 aliphatic carbocycles. The number of sulfonamides is 1. The maximum atomic E-state index is 13.0. The molecule has 1 aromatic carbocycles. The Balaban J connectivity index is 1.73. The number of hydrogen-bond acceptors (Lipinski definition) is 4. The van der Waals surface area contributed by atoms with Crippen molar-refractivity contribution in [3.05, 3.63) is 52.6 Å². The smallest absolute Gasteiger partial charge is 0.266 e. The summed E-state index contributed by atoms with van der Waals surface area (Å²) in [5, 5.41) is 3.91. The number of aromatic nitrogens is 2. The van der Waals surface area contributed by atoms with Gasteiger partial charge < -0.3 is 0 Å². The van der Waals surface area contributed by atoms with Crippen LogP contribution >= 0.6 is 0 Å². The number of benzene rings is 1. The molecule has 1 saturated carbocycles. The summed E-state index contributed by atoms with van der Waals surface area (Å²) in [7, 11) is -3.27. The lowest BCUT2D eigenvalue weighted by Gasteiger charge is -2.08. The van der Waals surface area contributed by atoms with Gasteiger partial charge >= 0.3 is 0 Å². The fourth-order valence-electron chi connectivity index (χ4n) is 2.17. The van der Waals surface area contributed by atoms with Crippen LogP contribution in [0.1, 0.15) is 12.8 Å². The van der Waals surface area contributed by atoms with Crippen LogP contribution in [0.25, 0.3) is 11.3 Å². The molecule has 1 N–H and O–H groups in total. The van der Waals surface area contributed by atoms with E-state index in [0.29, 0.717) is 24.1 Å². The second-order valence-electron chi connectivity index (χ2n) is 5.43. The van der Waals surface area contributed by atoms with Crippen LogP contribution in [0.2, 0.25) is 0 Å². The van der Waals surface area contributed by atoms with E-state index in [1.807, 2.05) is 0 Å². The SMILES string of the molecule is O=c1ccc(-c2ccc(F)cc2)nn1CCNS(=O)(=O)C1CC1. The van der Waals surface area contributed by atoms with E-state index in [9.17, 15) is 17.6 Å². The standard InChI is InChI=1S/C15H16FN3O3S/c16-12-3-1-11(2-4-12)14-7-8-15(20)19(18-14)10-9-17-23(21,22)13-5-6-13/h1-4,7-8,13,17H,5-6,9-10H2. The molecule has 1 aliphatic rings. The molecule has 0 amide bonds. The minimum Gasteiger partial charge on any atom is -0.268 e. The number of nitrogens with one attached hydrogen (secondary N) is 1. The first-order valence-electron chi connectivity index (χ1n) is 7.28. The van der Waals surface area contributed by atoms with Gasteiger partial charge in [-0.1, -0.05) is 0 Å². The molecule has 1 aromatic heterocycles. The van der Waals surface area contributed by atoms with Crippen LogP contribution in [-0.2, 0) is 16.6 Å². The third-order valence-corrected chi connectivity index (χ3v) is 5.55. The van der Waals surface area contributed by atoms with Crippen molar-refractivity contribution in [2.45, 2.75) is 24.6 Å². The summed E-state index contributed by atoms with van der Waals surface area (Å²) in [4.78, 5) is 11.8. The van der Waals surface area contributed by atoms with Crippen molar-refractivity contribution in [1.82, 2.24) is 14.5 Å². The number of rotatable bonds is 6. The second-order valence-corrected chi connectivity index (χ2v) is 7.47. The maximum Gasteiger partial charge on any atom is 0.266 e. The van der Waals surface area contributed by atoms with Crippen molar-refractivity contribution in [3.63, 3.8) is 0 Å². The van der Waals surface area contributed by atoms with Gasteiger partial charge in [0.05, 0.1) is 17.5 Å². The van der Waals surface area contributed by atoms with Gasteiger partial charge in [0, 0.05) is 18.2 Å².